The molecule has 1 aliphatic rings. The molecule has 3 unspecified atom stereocenters. The predicted octanol–water partition coefficient (Wildman–Crippen LogP) is 5.61. The molecule has 2 rings (SSSR count). The summed E-state index contributed by atoms with van der Waals surface area (Å²) in [6, 6.07) is 6.78. The van der Waals surface area contributed by atoms with E-state index in [4.69, 9.17) is 23.2 Å². The molecule has 3 atom stereocenters. The van der Waals surface area contributed by atoms with Crippen LogP contribution >= 0.6 is 23.2 Å². The van der Waals surface area contributed by atoms with Crippen LogP contribution in [0.25, 0.3) is 0 Å². The van der Waals surface area contributed by atoms with Crippen molar-refractivity contribution in [2.75, 3.05) is 0 Å². The molecule has 1 aromatic rings. The molecule has 0 amide bonds. The maximum absolute atomic E-state index is 6.32. The second kappa shape index (κ2) is 6.97. The van der Waals surface area contributed by atoms with Crippen LogP contribution in [0.15, 0.2) is 18.2 Å². The Hall–Kier alpha value is -0.240. The van der Waals surface area contributed by atoms with Crippen molar-refractivity contribution in [1.29, 1.82) is 0 Å². The van der Waals surface area contributed by atoms with Crippen molar-refractivity contribution in [3.05, 3.63) is 33.8 Å². The first-order chi connectivity index (χ1) is 9.10. The summed E-state index contributed by atoms with van der Waals surface area (Å²) in [4.78, 5) is 0. The standard InChI is InChI=1S/C16H23Cl2N/c1-3-16(14-8-7-12(17)10-15(14)18)19-13-6-4-5-11(2)9-13/h7-8,10-11,13,16,19H,3-6,9H2,1-2H3. The topological polar surface area (TPSA) is 12.0 Å². The van der Waals surface area contributed by atoms with E-state index in [0.29, 0.717) is 17.1 Å². The summed E-state index contributed by atoms with van der Waals surface area (Å²) in [5, 5.41) is 5.26. The van der Waals surface area contributed by atoms with E-state index in [-0.39, 0.29) is 0 Å². The van der Waals surface area contributed by atoms with Gasteiger partial charge in [0.05, 0.1) is 0 Å². The second-order valence-electron chi connectivity index (χ2n) is 5.76. The van der Waals surface area contributed by atoms with Crippen LogP contribution in [0.2, 0.25) is 10.0 Å². The summed E-state index contributed by atoms with van der Waals surface area (Å²) >= 11 is 12.3. The molecule has 19 heavy (non-hydrogen) atoms. The minimum Gasteiger partial charge on any atom is -0.307 e. The first-order valence-electron chi connectivity index (χ1n) is 7.31. The zero-order valence-corrected chi connectivity index (χ0v) is 13.3. The maximum atomic E-state index is 6.32. The number of benzene rings is 1. The lowest BCUT2D eigenvalue weighted by atomic mass is 9.86. The van der Waals surface area contributed by atoms with Crippen molar-refractivity contribution in [3.8, 4) is 0 Å². The Labute approximate surface area is 126 Å². The highest BCUT2D eigenvalue weighted by Gasteiger charge is 2.22. The summed E-state index contributed by atoms with van der Waals surface area (Å²) in [7, 11) is 0. The van der Waals surface area contributed by atoms with Crippen LogP contribution in [0, 0.1) is 5.92 Å². The number of rotatable bonds is 4. The van der Waals surface area contributed by atoms with Crippen LogP contribution < -0.4 is 5.32 Å². The molecule has 0 heterocycles. The smallest absolute Gasteiger partial charge is 0.0468 e. The third kappa shape index (κ3) is 4.11. The molecule has 0 spiro atoms. The van der Waals surface area contributed by atoms with E-state index < -0.39 is 0 Å². The summed E-state index contributed by atoms with van der Waals surface area (Å²) < 4.78 is 0. The van der Waals surface area contributed by atoms with Crippen molar-refractivity contribution >= 4 is 23.2 Å². The molecular formula is C16H23Cl2N. The van der Waals surface area contributed by atoms with Gasteiger partial charge in [-0.05, 0) is 42.9 Å². The van der Waals surface area contributed by atoms with E-state index in [1.807, 2.05) is 12.1 Å². The molecule has 1 aliphatic carbocycles. The summed E-state index contributed by atoms with van der Waals surface area (Å²) in [5.41, 5.74) is 1.17. The van der Waals surface area contributed by atoms with Crippen molar-refractivity contribution in [2.45, 2.75) is 58.0 Å². The van der Waals surface area contributed by atoms with Crippen molar-refractivity contribution in [3.63, 3.8) is 0 Å². The third-order valence-electron chi connectivity index (χ3n) is 4.12. The van der Waals surface area contributed by atoms with Crippen molar-refractivity contribution in [1.82, 2.24) is 5.32 Å². The van der Waals surface area contributed by atoms with Crippen LogP contribution in [0.4, 0.5) is 0 Å². The van der Waals surface area contributed by atoms with Gasteiger partial charge in [-0.15, -0.1) is 0 Å². The quantitative estimate of drug-likeness (QED) is 0.761. The molecule has 1 aromatic carbocycles. The lowest BCUT2D eigenvalue weighted by molar-refractivity contribution is 0.278. The van der Waals surface area contributed by atoms with Crippen LogP contribution in [0.3, 0.4) is 0 Å². The molecule has 106 valence electrons. The average molecular weight is 300 g/mol. The lowest BCUT2D eigenvalue weighted by Crippen LogP contribution is -2.36. The van der Waals surface area contributed by atoms with Gasteiger partial charge in [0.15, 0.2) is 0 Å². The number of hydrogen-bond donors (Lipinski definition) is 1. The van der Waals surface area contributed by atoms with Gasteiger partial charge in [-0.25, -0.2) is 0 Å². The number of hydrogen-bond acceptors (Lipinski definition) is 1. The molecule has 3 heteroatoms. The SMILES string of the molecule is CCC(NC1CCCC(C)C1)c1ccc(Cl)cc1Cl. The Balaban J connectivity index is 2.07. The first-order valence-corrected chi connectivity index (χ1v) is 8.06. The van der Waals surface area contributed by atoms with E-state index in [9.17, 15) is 0 Å². The fourth-order valence-corrected chi connectivity index (χ4v) is 3.62. The average Bonchev–Trinajstić information content (AvgIpc) is 2.37. The van der Waals surface area contributed by atoms with Gasteiger partial charge >= 0.3 is 0 Å². The highest BCUT2D eigenvalue weighted by molar-refractivity contribution is 6.35. The largest absolute Gasteiger partial charge is 0.307 e. The summed E-state index contributed by atoms with van der Waals surface area (Å²) in [6.45, 7) is 4.55. The van der Waals surface area contributed by atoms with Gasteiger partial charge in [0.2, 0.25) is 0 Å². The molecule has 0 aromatic heterocycles. The van der Waals surface area contributed by atoms with Crippen LogP contribution in [0.5, 0.6) is 0 Å². The second-order valence-corrected chi connectivity index (χ2v) is 6.61. The molecule has 0 saturated heterocycles. The number of halogens is 2. The Morgan fingerprint density at radius 2 is 2.11 bits per heavy atom. The monoisotopic (exact) mass is 299 g/mol. The van der Waals surface area contributed by atoms with E-state index in [1.165, 1.54) is 31.2 Å². The number of nitrogens with one attached hydrogen (secondary N) is 1. The van der Waals surface area contributed by atoms with Crippen LogP contribution in [0.1, 0.15) is 57.6 Å². The van der Waals surface area contributed by atoms with Gasteiger partial charge in [-0.2, -0.15) is 0 Å². The normalized spacial score (nSPS) is 25.3. The Morgan fingerprint density at radius 1 is 1.32 bits per heavy atom. The molecule has 1 fully saturated rings. The molecule has 0 radical (unpaired) electrons. The van der Waals surface area contributed by atoms with Crippen molar-refractivity contribution in [2.24, 2.45) is 5.92 Å². The molecule has 1 N–H and O–H groups in total. The maximum Gasteiger partial charge on any atom is 0.0468 e. The van der Waals surface area contributed by atoms with Gasteiger partial charge in [0.1, 0.15) is 0 Å². The van der Waals surface area contributed by atoms with Gasteiger partial charge < -0.3 is 5.32 Å². The predicted molar refractivity (Wildman–Crippen MR) is 84.0 cm³/mol. The van der Waals surface area contributed by atoms with Crippen LogP contribution in [-0.2, 0) is 0 Å². The molecule has 1 saturated carbocycles. The Morgan fingerprint density at radius 3 is 2.74 bits per heavy atom. The van der Waals surface area contributed by atoms with E-state index in [2.05, 4.69) is 25.2 Å². The molecule has 0 aliphatic heterocycles. The molecule has 1 nitrogen and oxygen atoms in total. The first kappa shape index (κ1) is 15.2. The fourth-order valence-electron chi connectivity index (χ4n) is 3.08. The zero-order valence-electron chi connectivity index (χ0n) is 11.8. The summed E-state index contributed by atoms with van der Waals surface area (Å²) in [5.74, 6) is 0.837. The lowest BCUT2D eigenvalue weighted by Gasteiger charge is -2.31. The Kier molecular flexibility index (Phi) is 5.56. The van der Waals surface area contributed by atoms with Gasteiger partial charge in [0, 0.05) is 22.1 Å². The van der Waals surface area contributed by atoms with Gasteiger partial charge in [-0.1, -0.05) is 56.0 Å². The van der Waals surface area contributed by atoms with Crippen LogP contribution in [-0.4, -0.2) is 6.04 Å². The summed E-state index contributed by atoms with van der Waals surface area (Å²) in [6.07, 6.45) is 6.32. The minimum absolute atomic E-state index is 0.333. The zero-order chi connectivity index (χ0) is 13.8. The van der Waals surface area contributed by atoms with Crippen molar-refractivity contribution < 1.29 is 0 Å². The third-order valence-corrected chi connectivity index (χ3v) is 4.68. The molecular weight excluding hydrogens is 277 g/mol. The fraction of sp³-hybridized carbons (Fsp3) is 0.625. The van der Waals surface area contributed by atoms with E-state index in [1.54, 1.807) is 0 Å². The van der Waals surface area contributed by atoms with E-state index >= 15 is 0 Å². The highest BCUT2D eigenvalue weighted by atomic mass is 35.5. The van der Waals surface area contributed by atoms with Gasteiger partial charge in [0.25, 0.3) is 0 Å². The highest BCUT2D eigenvalue weighted by Crippen LogP contribution is 2.31. The minimum atomic E-state index is 0.333. The van der Waals surface area contributed by atoms with Gasteiger partial charge in [-0.3, -0.25) is 0 Å². The molecule has 0 bridgehead atoms. The van der Waals surface area contributed by atoms with E-state index in [0.717, 1.165) is 17.4 Å². The Bertz CT molecular complexity index is 419.